The number of amides is 2. The SMILES string of the molecule is CCc1ccc(CCNC(=O)CNC(=O)CN)cc1. The standard InChI is InChI=1S/C14H21N3O2/c1-2-11-3-5-12(6-4-11)7-8-16-14(19)10-17-13(18)9-15/h3-6H,2,7-10,15H2,1H3,(H,16,19)(H,17,18). The molecule has 1 aromatic rings. The minimum atomic E-state index is -0.328. The van der Waals surface area contributed by atoms with Gasteiger partial charge in [0, 0.05) is 6.54 Å². The maximum Gasteiger partial charge on any atom is 0.239 e. The molecule has 5 nitrogen and oxygen atoms in total. The summed E-state index contributed by atoms with van der Waals surface area (Å²) < 4.78 is 0. The molecule has 0 bridgehead atoms. The molecule has 4 N–H and O–H groups in total. The third-order valence-corrected chi connectivity index (χ3v) is 2.80. The number of aryl methyl sites for hydroxylation is 1. The highest BCUT2D eigenvalue weighted by Gasteiger charge is 2.03. The van der Waals surface area contributed by atoms with Crippen molar-refractivity contribution in [2.24, 2.45) is 5.73 Å². The maximum absolute atomic E-state index is 11.4. The van der Waals surface area contributed by atoms with E-state index in [0.717, 1.165) is 12.8 Å². The monoisotopic (exact) mass is 263 g/mol. The van der Waals surface area contributed by atoms with E-state index in [1.807, 2.05) is 0 Å². The van der Waals surface area contributed by atoms with E-state index in [1.54, 1.807) is 0 Å². The molecule has 0 aromatic heterocycles. The number of nitrogens with one attached hydrogen (secondary N) is 2. The van der Waals surface area contributed by atoms with Crippen LogP contribution in [0.4, 0.5) is 0 Å². The van der Waals surface area contributed by atoms with E-state index in [-0.39, 0.29) is 24.9 Å². The minimum absolute atomic E-state index is 0.0230. The molecule has 0 saturated heterocycles. The van der Waals surface area contributed by atoms with Gasteiger partial charge in [-0.05, 0) is 24.0 Å². The highest BCUT2D eigenvalue weighted by atomic mass is 16.2. The number of carbonyl (C=O) groups excluding carboxylic acids is 2. The molecule has 0 radical (unpaired) electrons. The minimum Gasteiger partial charge on any atom is -0.354 e. The van der Waals surface area contributed by atoms with E-state index in [1.165, 1.54) is 11.1 Å². The number of hydrogen-bond acceptors (Lipinski definition) is 3. The topological polar surface area (TPSA) is 84.2 Å². The molecular weight excluding hydrogens is 242 g/mol. The summed E-state index contributed by atoms with van der Waals surface area (Å²) in [6.07, 6.45) is 1.80. The fraction of sp³-hybridized carbons (Fsp3) is 0.429. The highest BCUT2D eigenvalue weighted by Crippen LogP contribution is 2.05. The first-order chi connectivity index (χ1) is 9.15. The highest BCUT2D eigenvalue weighted by molar-refractivity contribution is 5.85. The fourth-order valence-corrected chi connectivity index (χ4v) is 1.60. The second-order valence-corrected chi connectivity index (χ2v) is 4.25. The Kier molecular flexibility index (Phi) is 6.60. The van der Waals surface area contributed by atoms with Crippen LogP contribution in [0.3, 0.4) is 0 Å². The Morgan fingerprint density at radius 3 is 2.26 bits per heavy atom. The van der Waals surface area contributed by atoms with Gasteiger partial charge in [0.2, 0.25) is 11.8 Å². The van der Waals surface area contributed by atoms with Crippen LogP contribution in [0.2, 0.25) is 0 Å². The van der Waals surface area contributed by atoms with Crippen LogP contribution in [0.5, 0.6) is 0 Å². The summed E-state index contributed by atoms with van der Waals surface area (Å²) in [6.45, 7) is 2.55. The van der Waals surface area contributed by atoms with Crippen molar-refractivity contribution in [3.05, 3.63) is 35.4 Å². The second kappa shape index (κ2) is 8.26. The lowest BCUT2D eigenvalue weighted by molar-refractivity contribution is -0.125. The molecule has 0 unspecified atom stereocenters. The van der Waals surface area contributed by atoms with Gasteiger partial charge < -0.3 is 16.4 Å². The van der Waals surface area contributed by atoms with Crippen molar-refractivity contribution >= 4 is 11.8 Å². The van der Waals surface area contributed by atoms with Gasteiger partial charge in [0.05, 0.1) is 13.1 Å². The van der Waals surface area contributed by atoms with Crippen molar-refractivity contribution < 1.29 is 9.59 Å². The lowest BCUT2D eigenvalue weighted by atomic mass is 10.1. The van der Waals surface area contributed by atoms with Gasteiger partial charge in [-0.2, -0.15) is 0 Å². The normalized spacial score (nSPS) is 10.0. The molecule has 0 aliphatic carbocycles. The Hall–Kier alpha value is -1.88. The summed E-state index contributed by atoms with van der Waals surface area (Å²) in [5.74, 6) is -0.530. The molecule has 0 saturated carbocycles. The lowest BCUT2D eigenvalue weighted by Crippen LogP contribution is -2.40. The lowest BCUT2D eigenvalue weighted by Gasteiger charge is -2.06. The molecule has 0 spiro atoms. The van der Waals surface area contributed by atoms with E-state index in [4.69, 9.17) is 5.73 Å². The third-order valence-electron chi connectivity index (χ3n) is 2.80. The molecule has 19 heavy (non-hydrogen) atoms. The summed E-state index contributed by atoms with van der Waals surface area (Å²) >= 11 is 0. The average molecular weight is 263 g/mol. The second-order valence-electron chi connectivity index (χ2n) is 4.25. The van der Waals surface area contributed by atoms with Crippen molar-refractivity contribution in [1.29, 1.82) is 0 Å². The molecule has 0 aliphatic heterocycles. The average Bonchev–Trinajstić information content (AvgIpc) is 2.45. The van der Waals surface area contributed by atoms with Gasteiger partial charge in [-0.15, -0.1) is 0 Å². The molecule has 0 fully saturated rings. The summed E-state index contributed by atoms with van der Waals surface area (Å²) in [7, 11) is 0. The van der Waals surface area contributed by atoms with Crippen molar-refractivity contribution in [3.8, 4) is 0 Å². The van der Waals surface area contributed by atoms with Crippen LogP contribution in [-0.2, 0) is 22.4 Å². The molecule has 1 aromatic carbocycles. The molecule has 104 valence electrons. The van der Waals surface area contributed by atoms with Crippen molar-refractivity contribution in [2.75, 3.05) is 19.6 Å². The zero-order valence-corrected chi connectivity index (χ0v) is 11.2. The summed E-state index contributed by atoms with van der Waals surface area (Å²) in [5.41, 5.74) is 7.60. The van der Waals surface area contributed by atoms with Gasteiger partial charge in [0.1, 0.15) is 0 Å². The van der Waals surface area contributed by atoms with Gasteiger partial charge in [0.15, 0.2) is 0 Å². The number of carbonyl (C=O) groups is 2. The third kappa shape index (κ3) is 6.01. The number of rotatable bonds is 7. The van der Waals surface area contributed by atoms with Crippen LogP contribution in [0, 0.1) is 0 Å². The number of benzene rings is 1. The first kappa shape index (κ1) is 15.2. The molecule has 0 aliphatic rings. The molecular formula is C14H21N3O2. The molecule has 5 heteroatoms. The largest absolute Gasteiger partial charge is 0.354 e. The smallest absolute Gasteiger partial charge is 0.239 e. The quantitative estimate of drug-likeness (QED) is 0.646. The van der Waals surface area contributed by atoms with Gasteiger partial charge >= 0.3 is 0 Å². The first-order valence-electron chi connectivity index (χ1n) is 6.47. The van der Waals surface area contributed by atoms with Crippen LogP contribution < -0.4 is 16.4 Å². The Labute approximate surface area is 113 Å². The van der Waals surface area contributed by atoms with E-state index in [0.29, 0.717) is 6.54 Å². The summed E-state index contributed by atoms with van der Waals surface area (Å²) in [5, 5.41) is 5.16. The zero-order valence-electron chi connectivity index (χ0n) is 11.2. The van der Waals surface area contributed by atoms with Crippen LogP contribution >= 0.6 is 0 Å². The Balaban J connectivity index is 2.22. The Morgan fingerprint density at radius 1 is 1.05 bits per heavy atom. The van der Waals surface area contributed by atoms with Crippen LogP contribution in [0.1, 0.15) is 18.1 Å². The number of nitrogens with two attached hydrogens (primary N) is 1. The maximum atomic E-state index is 11.4. The van der Waals surface area contributed by atoms with Gasteiger partial charge in [-0.1, -0.05) is 31.2 Å². The summed E-state index contributed by atoms with van der Waals surface area (Å²) in [6, 6.07) is 8.33. The zero-order chi connectivity index (χ0) is 14.1. The van der Waals surface area contributed by atoms with Crippen molar-refractivity contribution in [3.63, 3.8) is 0 Å². The van der Waals surface area contributed by atoms with Crippen molar-refractivity contribution in [1.82, 2.24) is 10.6 Å². The fourth-order valence-electron chi connectivity index (χ4n) is 1.60. The summed E-state index contributed by atoms with van der Waals surface area (Å²) in [4.78, 5) is 22.2. The molecule has 2 amide bonds. The van der Waals surface area contributed by atoms with Gasteiger partial charge in [-0.3, -0.25) is 9.59 Å². The van der Waals surface area contributed by atoms with Gasteiger partial charge in [0.25, 0.3) is 0 Å². The van der Waals surface area contributed by atoms with Crippen LogP contribution in [0.25, 0.3) is 0 Å². The molecule has 1 rings (SSSR count). The van der Waals surface area contributed by atoms with E-state index in [9.17, 15) is 9.59 Å². The van der Waals surface area contributed by atoms with E-state index in [2.05, 4.69) is 41.8 Å². The number of hydrogen-bond donors (Lipinski definition) is 3. The van der Waals surface area contributed by atoms with Crippen molar-refractivity contribution in [2.45, 2.75) is 19.8 Å². The predicted octanol–water partition coefficient (Wildman–Crippen LogP) is -0.0174. The molecule has 0 atom stereocenters. The van der Waals surface area contributed by atoms with Crippen LogP contribution in [0.15, 0.2) is 24.3 Å². The first-order valence-corrected chi connectivity index (χ1v) is 6.47. The van der Waals surface area contributed by atoms with Crippen LogP contribution in [-0.4, -0.2) is 31.4 Å². The van der Waals surface area contributed by atoms with E-state index >= 15 is 0 Å². The Bertz CT molecular complexity index is 415. The van der Waals surface area contributed by atoms with Gasteiger partial charge in [-0.25, -0.2) is 0 Å². The van der Waals surface area contributed by atoms with E-state index < -0.39 is 0 Å². The molecule has 0 heterocycles. The predicted molar refractivity (Wildman–Crippen MR) is 74.6 cm³/mol. The Morgan fingerprint density at radius 2 is 1.68 bits per heavy atom.